The summed E-state index contributed by atoms with van der Waals surface area (Å²) in [6, 6.07) is 0.706. The Morgan fingerprint density at radius 2 is 1.64 bits per heavy atom. The first-order valence-electron chi connectivity index (χ1n) is 8.08. The molecule has 1 aromatic rings. The first-order chi connectivity index (χ1) is 10.4. The van der Waals surface area contributed by atoms with Crippen molar-refractivity contribution in [3.05, 3.63) is 10.1 Å². The molecule has 4 atom stereocenters. The van der Waals surface area contributed by atoms with E-state index in [1.807, 2.05) is 0 Å². The zero-order valence-electron chi connectivity index (χ0n) is 13.7. The monoisotopic (exact) mass is 324 g/mol. The van der Waals surface area contributed by atoms with Gasteiger partial charge in [0.15, 0.2) is 5.13 Å². The van der Waals surface area contributed by atoms with Crippen molar-refractivity contribution in [3.63, 3.8) is 0 Å². The second-order valence-electron chi connectivity index (χ2n) is 6.78. The number of thiazole rings is 1. The van der Waals surface area contributed by atoms with Gasteiger partial charge in [0.2, 0.25) is 5.82 Å². The molecular weight excluding hydrogens is 300 g/mol. The molecule has 0 bridgehead atoms. The fourth-order valence-corrected chi connectivity index (χ4v) is 4.49. The van der Waals surface area contributed by atoms with Gasteiger partial charge in [0.05, 0.1) is 4.92 Å². The third-order valence-electron chi connectivity index (χ3n) is 5.55. The van der Waals surface area contributed by atoms with Crippen LogP contribution >= 0.6 is 11.3 Å². The molecule has 22 heavy (non-hydrogen) atoms. The third kappa shape index (κ3) is 2.45. The van der Waals surface area contributed by atoms with Crippen LogP contribution in [0.5, 0.6) is 0 Å². The molecule has 3 heterocycles. The predicted molar refractivity (Wildman–Crippen MR) is 89.9 cm³/mol. The first kappa shape index (κ1) is 15.5. The number of hydrogen-bond acceptors (Lipinski definition) is 6. The predicted octanol–water partition coefficient (Wildman–Crippen LogP) is 3.52. The number of anilines is 2. The Balaban J connectivity index is 1.95. The smallest absolute Gasteiger partial charge is 0.347 e. The molecule has 0 saturated carbocycles. The van der Waals surface area contributed by atoms with Gasteiger partial charge in [0, 0.05) is 25.2 Å². The molecule has 0 radical (unpaired) electrons. The van der Waals surface area contributed by atoms with E-state index < -0.39 is 0 Å². The van der Waals surface area contributed by atoms with Crippen LogP contribution in [0.4, 0.5) is 16.0 Å². The van der Waals surface area contributed by atoms with E-state index in [2.05, 4.69) is 37.5 Å². The molecule has 6 nitrogen and oxygen atoms in total. The van der Waals surface area contributed by atoms with Crippen molar-refractivity contribution in [2.24, 2.45) is 11.8 Å². The van der Waals surface area contributed by atoms with Gasteiger partial charge < -0.3 is 9.80 Å². The van der Waals surface area contributed by atoms with E-state index in [9.17, 15) is 10.1 Å². The maximum absolute atomic E-state index is 11.5. The summed E-state index contributed by atoms with van der Waals surface area (Å²) in [5, 5.41) is 12.5. The molecule has 122 valence electrons. The molecule has 0 N–H and O–H groups in total. The summed E-state index contributed by atoms with van der Waals surface area (Å²) in [6.45, 7) is 10.6. The molecule has 0 aromatic carbocycles. The molecule has 2 aliphatic heterocycles. The van der Waals surface area contributed by atoms with Crippen molar-refractivity contribution >= 4 is 27.3 Å². The van der Waals surface area contributed by atoms with Crippen molar-refractivity contribution in [3.8, 4) is 0 Å². The second kappa shape index (κ2) is 5.68. The molecule has 7 heteroatoms. The SMILES string of the molecule is CC1CCN(c2nc(N3CCC(C)C3C)c([N+](=O)[O-])s2)C1C. The lowest BCUT2D eigenvalue weighted by Crippen LogP contribution is -2.31. The van der Waals surface area contributed by atoms with Gasteiger partial charge in [-0.15, -0.1) is 0 Å². The van der Waals surface area contributed by atoms with Crippen molar-refractivity contribution in [1.29, 1.82) is 0 Å². The van der Waals surface area contributed by atoms with E-state index >= 15 is 0 Å². The van der Waals surface area contributed by atoms with Crippen LogP contribution in [0.15, 0.2) is 0 Å². The highest BCUT2D eigenvalue weighted by Crippen LogP contribution is 2.44. The van der Waals surface area contributed by atoms with Gasteiger partial charge in [-0.1, -0.05) is 13.8 Å². The summed E-state index contributed by atoms with van der Waals surface area (Å²) in [5.74, 6) is 1.74. The molecule has 4 unspecified atom stereocenters. The number of nitro groups is 1. The Bertz CT molecular complexity index is 576. The van der Waals surface area contributed by atoms with Crippen LogP contribution in [-0.4, -0.2) is 35.1 Å². The van der Waals surface area contributed by atoms with Gasteiger partial charge in [-0.3, -0.25) is 10.1 Å². The molecule has 2 fully saturated rings. The molecule has 0 amide bonds. The summed E-state index contributed by atoms with van der Waals surface area (Å²) in [5.41, 5.74) is 0. The average molecular weight is 324 g/mol. The topological polar surface area (TPSA) is 62.5 Å². The number of hydrogen-bond donors (Lipinski definition) is 0. The Hall–Kier alpha value is -1.37. The van der Waals surface area contributed by atoms with Crippen molar-refractivity contribution in [2.45, 2.75) is 52.6 Å². The van der Waals surface area contributed by atoms with Gasteiger partial charge in [0.1, 0.15) is 0 Å². The number of aromatic nitrogens is 1. The van der Waals surface area contributed by atoms with Crippen molar-refractivity contribution < 1.29 is 4.92 Å². The number of nitrogens with zero attached hydrogens (tertiary/aromatic N) is 4. The van der Waals surface area contributed by atoms with Gasteiger partial charge in [-0.25, -0.2) is 0 Å². The van der Waals surface area contributed by atoms with Gasteiger partial charge in [-0.05, 0) is 49.9 Å². The maximum atomic E-state index is 11.5. The summed E-state index contributed by atoms with van der Waals surface area (Å²) in [6.07, 6.45) is 2.20. The average Bonchev–Trinajstić information content (AvgIpc) is 3.12. The van der Waals surface area contributed by atoms with Crippen LogP contribution in [0.2, 0.25) is 0 Å². The summed E-state index contributed by atoms with van der Waals surface area (Å²) >= 11 is 1.23. The second-order valence-corrected chi connectivity index (χ2v) is 7.74. The van der Waals surface area contributed by atoms with Crippen molar-refractivity contribution in [1.82, 2.24) is 4.98 Å². The van der Waals surface area contributed by atoms with E-state index in [-0.39, 0.29) is 9.92 Å². The van der Waals surface area contributed by atoms with E-state index in [1.54, 1.807) is 0 Å². The minimum atomic E-state index is -0.267. The zero-order chi connectivity index (χ0) is 16.0. The fraction of sp³-hybridized carbons (Fsp3) is 0.800. The van der Waals surface area contributed by atoms with Gasteiger partial charge in [-0.2, -0.15) is 4.98 Å². The minimum Gasteiger partial charge on any atom is -0.347 e. The van der Waals surface area contributed by atoms with E-state index in [4.69, 9.17) is 4.98 Å². The quantitative estimate of drug-likeness (QED) is 0.629. The normalized spacial score (nSPS) is 32.0. The lowest BCUT2D eigenvalue weighted by molar-refractivity contribution is -0.379. The molecular formula is C15H24N4O2S. The third-order valence-corrected chi connectivity index (χ3v) is 6.58. The largest absolute Gasteiger partial charge is 0.369 e. The van der Waals surface area contributed by atoms with Crippen LogP contribution in [0.25, 0.3) is 0 Å². The van der Waals surface area contributed by atoms with Crippen molar-refractivity contribution in [2.75, 3.05) is 22.9 Å². The van der Waals surface area contributed by atoms with Gasteiger partial charge >= 0.3 is 5.00 Å². The molecule has 0 aliphatic carbocycles. The Morgan fingerprint density at radius 3 is 2.09 bits per heavy atom. The molecule has 0 spiro atoms. The lowest BCUT2D eigenvalue weighted by Gasteiger charge is -2.24. The van der Waals surface area contributed by atoms with Crippen LogP contribution in [0.3, 0.4) is 0 Å². The molecule has 1 aromatic heterocycles. The van der Waals surface area contributed by atoms with E-state index in [0.717, 1.165) is 31.1 Å². The zero-order valence-corrected chi connectivity index (χ0v) is 14.5. The van der Waals surface area contributed by atoms with E-state index in [0.29, 0.717) is 29.7 Å². The highest BCUT2D eigenvalue weighted by molar-refractivity contribution is 7.19. The van der Waals surface area contributed by atoms with Crippen LogP contribution < -0.4 is 9.80 Å². The van der Waals surface area contributed by atoms with Crippen LogP contribution in [0, 0.1) is 22.0 Å². The minimum absolute atomic E-state index is 0.197. The molecule has 2 saturated heterocycles. The highest BCUT2D eigenvalue weighted by Gasteiger charge is 2.37. The molecule has 3 rings (SSSR count). The standard InChI is InChI=1S/C15H24N4O2S/c1-9-5-7-17(11(9)3)13-14(19(20)21)22-15(16-13)18-8-6-10(2)12(18)4/h9-12H,5-8H2,1-4H3. The first-order valence-corrected chi connectivity index (χ1v) is 8.90. The van der Waals surface area contributed by atoms with E-state index in [1.165, 1.54) is 11.3 Å². The Labute approximate surface area is 135 Å². The maximum Gasteiger partial charge on any atom is 0.369 e. The Morgan fingerprint density at radius 1 is 1.09 bits per heavy atom. The molecule has 2 aliphatic rings. The fourth-order valence-electron chi connectivity index (χ4n) is 3.48. The van der Waals surface area contributed by atoms with Crippen LogP contribution in [0.1, 0.15) is 40.5 Å². The van der Waals surface area contributed by atoms with Crippen LogP contribution in [-0.2, 0) is 0 Å². The summed E-state index contributed by atoms with van der Waals surface area (Å²) < 4.78 is 0. The summed E-state index contributed by atoms with van der Waals surface area (Å²) in [4.78, 5) is 20.2. The summed E-state index contributed by atoms with van der Waals surface area (Å²) in [7, 11) is 0. The number of rotatable bonds is 3. The lowest BCUT2D eigenvalue weighted by atomic mass is 10.1. The van der Waals surface area contributed by atoms with Gasteiger partial charge in [0.25, 0.3) is 0 Å². The Kier molecular flexibility index (Phi) is 4.01. The highest BCUT2D eigenvalue weighted by atomic mass is 32.1.